The van der Waals surface area contributed by atoms with Crippen molar-refractivity contribution >= 4 is 29.3 Å². The lowest BCUT2D eigenvalue weighted by atomic mass is 10.2. The molecule has 1 rings (SSSR count). The number of thioether (sulfide) groups is 1. The molecule has 1 amide bonds. The van der Waals surface area contributed by atoms with Gasteiger partial charge in [0.1, 0.15) is 0 Å². The summed E-state index contributed by atoms with van der Waals surface area (Å²) in [7, 11) is 1.43. The molecule has 0 bridgehead atoms. The smallest absolute Gasteiger partial charge is 0.330 e. The molecule has 0 aromatic heterocycles. The number of aliphatic carboxylic acids is 1. The molecule has 0 aliphatic carbocycles. The number of hydrogen-bond donors (Lipinski definition) is 3. The molecule has 0 aliphatic rings. The van der Waals surface area contributed by atoms with Crippen molar-refractivity contribution in [1.29, 1.82) is 0 Å². The second-order valence-corrected chi connectivity index (χ2v) is 4.16. The van der Waals surface area contributed by atoms with Gasteiger partial charge in [0, 0.05) is 10.6 Å². The van der Waals surface area contributed by atoms with Gasteiger partial charge in [-0.05, 0) is 37.6 Å². The molecule has 1 aromatic carbocycles. The van der Waals surface area contributed by atoms with Gasteiger partial charge in [0.25, 0.3) is 5.91 Å². The number of hydrogen-bond acceptors (Lipinski definition) is 4. The first-order valence-electron chi connectivity index (χ1n) is 4.93. The van der Waals surface area contributed by atoms with Crippen LogP contribution >= 0.6 is 11.8 Å². The highest BCUT2D eigenvalue weighted by atomic mass is 32.2. The zero-order valence-corrected chi connectivity index (χ0v) is 10.4. The summed E-state index contributed by atoms with van der Waals surface area (Å²) in [6.07, 6.45) is 1.95. The third-order valence-corrected chi connectivity index (χ3v) is 2.90. The van der Waals surface area contributed by atoms with Gasteiger partial charge in [-0.1, -0.05) is 0 Å². The Hall–Kier alpha value is -1.53. The standard InChI is InChI=1S/C11H14N2O3S/c1-12-9(11(15)16)10(14)13-7-3-5-8(17-2)6-4-7/h3-6,9,12H,1-2H3,(H,13,14)(H,15,16). The summed E-state index contributed by atoms with van der Waals surface area (Å²) in [4.78, 5) is 23.4. The van der Waals surface area contributed by atoms with Crippen molar-refractivity contribution in [2.75, 3.05) is 18.6 Å². The van der Waals surface area contributed by atoms with E-state index in [1.807, 2.05) is 18.4 Å². The number of rotatable bonds is 5. The van der Waals surface area contributed by atoms with Crippen LogP contribution in [-0.2, 0) is 9.59 Å². The number of carbonyl (C=O) groups excluding carboxylic acids is 1. The highest BCUT2D eigenvalue weighted by molar-refractivity contribution is 7.98. The van der Waals surface area contributed by atoms with E-state index in [2.05, 4.69) is 10.6 Å². The lowest BCUT2D eigenvalue weighted by Gasteiger charge is -2.11. The second-order valence-electron chi connectivity index (χ2n) is 3.28. The third kappa shape index (κ3) is 3.76. The fourth-order valence-electron chi connectivity index (χ4n) is 1.26. The van der Waals surface area contributed by atoms with Gasteiger partial charge in [0.15, 0.2) is 6.04 Å². The van der Waals surface area contributed by atoms with E-state index in [0.717, 1.165) is 4.90 Å². The van der Waals surface area contributed by atoms with E-state index in [1.165, 1.54) is 7.05 Å². The Morgan fingerprint density at radius 2 is 1.88 bits per heavy atom. The number of carbonyl (C=O) groups is 2. The minimum absolute atomic E-state index is 0.578. The first-order chi connectivity index (χ1) is 8.08. The molecule has 3 N–H and O–H groups in total. The maximum absolute atomic E-state index is 11.6. The minimum Gasteiger partial charge on any atom is -0.480 e. The fourth-order valence-corrected chi connectivity index (χ4v) is 1.66. The Morgan fingerprint density at radius 1 is 1.29 bits per heavy atom. The second kappa shape index (κ2) is 6.27. The summed E-state index contributed by atoms with van der Waals surface area (Å²) in [5, 5.41) is 13.7. The fraction of sp³-hybridized carbons (Fsp3) is 0.273. The quantitative estimate of drug-likeness (QED) is 0.540. The van der Waals surface area contributed by atoms with Crippen molar-refractivity contribution in [1.82, 2.24) is 5.32 Å². The molecule has 1 unspecified atom stereocenters. The molecular weight excluding hydrogens is 240 g/mol. The monoisotopic (exact) mass is 254 g/mol. The van der Waals surface area contributed by atoms with Crippen LogP contribution in [0, 0.1) is 0 Å². The molecule has 6 heteroatoms. The number of anilines is 1. The highest BCUT2D eigenvalue weighted by Crippen LogP contribution is 2.17. The maximum Gasteiger partial charge on any atom is 0.330 e. The highest BCUT2D eigenvalue weighted by Gasteiger charge is 2.23. The SMILES string of the molecule is CNC(C(=O)O)C(=O)Nc1ccc(SC)cc1. The van der Waals surface area contributed by atoms with E-state index in [9.17, 15) is 9.59 Å². The van der Waals surface area contributed by atoms with E-state index in [-0.39, 0.29) is 0 Å². The average Bonchev–Trinajstić information content (AvgIpc) is 2.30. The first-order valence-corrected chi connectivity index (χ1v) is 6.16. The molecule has 0 heterocycles. The lowest BCUT2D eigenvalue weighted by Crippen LogP contribution is -2.44. The van der Waals surface area contributed by atoms with Gasteiger partial charge < -0.3 is 10.4 Å². The van der Waals surface area contributed by atoms with Crippen molar-refractivity contribution in [2.24, 2.45) is 0 Å². The van der Waals surface area contributed by atoms with E-state index >= 15 is 0 Å². The number of benzene rings is 1. The zero-order chi connectivity index (χ0) is 12.8. The van der Waals surface area contributed by atoms with E-state index in [4.69, 9.17) is 5.11 Å². The Labute approximate surface area is 104 Å². The summed E-state index contributed by atoms with van der Waals surface area (Å²) < 4.78 is 0. The predicted octanol–water partition coefficient (Wildman–Crippen LogP) is 1.02. The van der Waals surface area contributed by atoms with Gasteiger partial charge in [-0.15, -0.1) is 11.8 Å². The van der Waals surface area contributed by atoms with Crippen molar-refractivity contribution in [2.45, 2.75) is 10.9 Å². The molecular formula is C11H14N2O3S. The van der Waals surface area contributed by atoms with E-state index in [0.29, 0.717) is 5.69 Å². The normalized spacial score (nSPS) is 11.9. The molecule has 0 saturated heterocycles. The third-order valence-electron chi connectivity index (χ3n) is 2.16. The van der Waals surface area contributed by atoms with Gasteiger partial charge in [-0.3, -0.25) is 10.1 Å². The van der Waals surface area contributed by atoms with Crippen molar-refractivity contribution in [3.63, 3.8) is 0 Å². The summed E-state index contributed by atoms with van der Waals surface area (Å²) in [6.45, 7) is 0. The van der Waals surface area contributed by atoms with Crippen LogP contribution in [0.2, 0.25) is 0 Å². The molecule has 0 spiro atoms. The van der Waals surface area contributed by atoms with Crippen LogP contribution < -0.4 is 10.6 Å². The number of likely N-dealkylation sites (N-methyl/N-ethyl adjacent to an activating group) is 1. The van der Waals surface area contributed by atoms with Crippen LogP contribution in [0.15, 0.2) is 29.2 Å². The van der Waals surface area contributed by atoms with Gasteiger partial charge in [0.05, 0.1) is 0 Å². The molecule has 5 nitrogen and oxygen atoms in total. The van der Waals surface area contributed by atoms with Gasteiger partial charge in [-0.2, -0.15) is 0 Å². The average molecular weight is 254 g/mol. The Kier molecular flexibility index (Phi) is 4.99. The minimum atomic E-state index is -1.24. The summed E-state index contributed by atoms with van der Waals surface area (Å²) in [5.41, 5.74) is 0.578. The topological polar surface area (TPSA) is 78.4 Å². The van der Waals surface area contributed by atoms with Crippen LogP contribution in [0.4, 0.5) is 5.69 Å². The number of carboxylic acid groups (broad SMARTS) is 1. The van der Waals surface area contributed by atoms with Gasteiger partial charge in [-0.25, -0.2) is 4.79 Å². The molecule has 17 heavy (non-hydrogen) atoms. The molecule has 92 valence electrons. The van der Waals surface area contributed by atoms with Crippen LogP contribution in [0.3, 0.4) is 0 Å². The van der Waals surface area contributed by atoms with Crippen LogP contribution in [0.5, 0.6) is 0 Å². The predicted molar refractivity (Wildman–Crippen MR) is 67.3 cm³/mol. The molecule has 1 aromatic rings. The van der Waals surface area contributed by atoms with Crippen LogP contribution in [0.1, 0.15) is 0 Å². The summed E-state index contributed by atoms with van der Waals surface area (Å²) in [5.74, 6) is -1.79. The Bertz CT molecular complexity index is 406. The number of nitrogens with one attached hydrogen (secondary N) is 2. The van der Waals surface area contributed by atoms with E-state index < -0.39 is 17.9 Å². The lowest BCUT2D eigenvalue weighted by molar-refractivity contribution is -0.142. The Morgan fingerprint density at radius 3 is 2.29 bits per heavy atom. The van der Waals surface area contributed by atoms with Crippen LogP contribution in [0.25, 0.3) is 0 Å². The summed E-state index contributed by atoms with van der Waals surface area (Å²) >= 11 is 1.59. The van der Waals surface area contributed by atoms with Crippen molar-refractivity contribution in [3.05, 3.63) is 24.3 Å². The molecule has 0 radical (unpaired) electrons. The maximum atomic E-state index is 11.6. The van der Waals surface area contributed by atoms with Crippen LogP contribution in [-0.4, -0.2) is 36.3 Å². The zero-order valence-electron chi connectivity index (χ0n) is 9.56. The Balaban J connectivity index is 2.69. The molecule has 0 saturated carbocycles. The van der Waals surface area contributed by atoms with Crippen molar-refractivity contribution in [3.8, 4) is 0 Å². The molecule has 0 fully saturated rings. The van der Waals surface area contributed by atoms with Gasteiger partial charge >= 0.3 is 5.97 Å². The molecule has 0 aliphatic heterocycles. The number of amides is 1. The molecule has 1 atom stereocenters. The summed E-state index contributed by atoms with van der Waals surface area (Å²) in [6, 6.07) is 5.94. The number of carboxylic acids is 1. The first kappa shape index (κ1) is 13.5. The van der Waals surface area contributed by atoms with E-state index in [1.54, 1.807) is 23.9 Å². The van der Waals surface area contributed by atoms with Gasteiger partial charge in [0.2, 0.25) is 0 Å². The van der Waals surface area contributed by atoms with Crippen molar-refractivity contribution < 1.29 is 14.7 Å². The largest absolute Gasteiger partial charge is 0.480 e.